The van der Waals surface area contributed by atoms with E-state index in [1.807, 2.05) is 0 Å². The maximum Gasteiger partial charge on any atom is 0.294 e. The highest BCUT2D eigenvalue weighted by molar-refractivity contribution is 6.01. The second kappa shape index (κ2) is 5.83. The van der Waals surface area contributed by atoms with Gasteiger partial charge in [0, 0.05) is 11.6 Å². The van der Waals surface area contributed by atoms with Crippen LogP contribution in [0.25, 0.3) is 0 Å². The van der Waals surface area contributed by atoms with E-state index < -0.39 is 4.92 Å². The van der Waals surface area contributed by atoms with Gasteiger partial charge in [-0.2, -0.15) is 5.10 Å². The van der Waals surface area contributed by atoms with Crippen LogP contribution in [0.3, 0.4) is 0 Å². The van der Waals surface area contributed by atoms with Crippen LogP contribution >= 0.6 is 0 Å². The van der Waals surface area contributed by atoms with E-state index in [4.69, 9.17) is 0 Å². The monoisotopic (exact) mass is 271 g/mol. The van der Waals surface area contributed by atoms with E-state index in [-0.39, 0.29) is 11.4 Å². The molecule has 0 unspecified atom stereocenters. The number of anilines is 1. The zero-order chi connectivity index (χ0) is 14.5. The number of phenols is 1. The lowest BCUT2D eigenvalue weighted by Gasteiger charge is -2.05. The molecule has 0 saturated carbocycles. The molecule has 6 nitrogen and oxygen atoms in total. The van der Waals surface area contributed by atoms with Crippen molar-refractivity contribution < 1.29 is 10.0 Å². The second-order valence-electron chi connectivity index (χ2n) is 4.10. The van der Waals surface area contributed by atoms with Gasteiger partial charge in [0.2, 0.25) is 0 Å². The fraction of sp³-hybridized carbons (Fsp3) is 0.0714. The van der Waals surface area contributed by atoms with Crippen LogP contribution in [0.1, 0.15) is 12.5 Å². The van der Waals surface area contributed by atoms with Crippen molar-refractivity contribution in [1.82, 2.24) is 0 Å². The van der Waals surface area contributed by atoms with Crippen molar-refractivity contribution in [2.24, 2.45) is 5.10 Å². The number of nitrogens with zero attached hydrogens (tertiary/aromatic N) is 2. The first kappa shape index (κ1) is 13.5. The lowest BCUT2D eigenvalue weighted by atomic mass is 10.1. The van der Waals surface area contributed by atoms with Crippen molar-refractivity contribution in [3.8, 4) is 5.75 Å². The number of benzene rings is 2. The second-order valence-corrected chi connectivity index (χ2v) is 4.10. The van der Waals surface area contributed by atoms with E-state index in [0.717, 1.165) is 0 Å². The number of hydrogen-bond acceptors (Lipinski definition) is 5. The van der Waals surface area contributed by atoms with Crippen LogP contribution in [0.4, 0.5) is 11.4 Å². The molecular weight excluding hydrogens is 258 g/mol. The van der Waals surface area contributed by atoms with Crippen LogP contribution < -0.4 is 5.43 Å². The number of hydrazone groups is 1. The quantitative estimate of drug-likeness (QED) is 0.508. The number of aromatic hydroxyl groups is 1. The SMILES string of the molecule is C/C(=N\Nc1ccccc1[N+](=O)[O-])c1ccccc1O. The number of phenolic OH excluding ortho intramolecular Hbond substituents is 1. The Morgan fingerprint density at radius 2 is 1.85 bits per heavy atom. The minimum absolute atomic E-state index is 0.0543. The highest BCUT2D eigenvalue weighted by Crippen LogP contribution is 2.23. The first-order chi connectivity index (χ1) is 9.59. The molecule has 0 bridgehead atoms. The Balaban J connectivity index is 2.26. The fourth-order valence-corrected chi connectivity index (χ4v) is 1.71. The van der Waals surface area contributed by atoms with Crippen molar-refractivity contribution in [2.75, 3.05) is 5.43 Å². The smallest absolute Gasteiger partial charge is 0.294 e. The highest BCUT2D eigenvalue weighted by atomic mass is 16.6. The zero-order valence-electron chi connectivity index (χ0n) is 10.8. The summed E-state index contributed by atoms with van der Waals surface area (Å²) in [6, 6.07) is 13.0. The Hall–Kier alpha value is -2.89. The maximum absolute atomic E-state index is 10.9. The van der Waals surface area contributed by atoms with Crippen molar-refractivity contribution in [1.29, 1.82) is 0 Å². The molecule has 0 aromatic heterocycles. The summed E-state index contributed by atoms with van der Waals surface area (Å²) in [5.41, 5.74) is 4.00. The van der Waals surface area contributed by atoms with Gasteiger partial charge in [-0.05, 0) is 25.1 Å². The molecule has 0 atom stereocenters. The average molecular weight is 271 g/mol. The Labute approximate surface area is 115 Å². The molecular formula is C14H13N3O3. The summed E-state index contributed by atoms with van der Waals surface area (Å²) in [6.45, 7) is 1.71. The lowest BCUT2D eigenvalue weighted by Crippen LogP contribution is -2.01. The summed E-state index contributed by atoms with van der Waals surface area (Å²) in [4.78, 5) is 10.4. The Bertz CT molecular complexity index is 668. The molecule has 20 heavy (non-hydrogen) atoms. The van der Waals surface area contributed by atoms with Gasteiger partial charge in [0.1, 0.15) is 11.4 Å². The summed E-state index contributed by atoms with van der Waals surface area (Å²) in [5.74, 6) is 0.109. The summed E-state index contributed by atoms with van der Waals surface area (Å²) < 4.78 is 0. The minimum Gasteiger partial charge on any atom is -0.507 e. The number of nitro groups is 1. The van der Waals surface area contributed by atoms with Gasteiger partial charge in [-0.1, -0.05) is 24.3 Å². The lowest BCUT2D eigenvalue weighted by molar-refractivity contribution is -0.384. The predicted octanol–water partition coefficient (Wildman–Crippen LogP) is 3.14. The van der Waals surface area contributed by atoms with E-state index in [1.54, 1.807) is 49.4 Å². The van der Waals surface area contributed by atoms with E-state index in [1.165, 1.54) is 6.07 Å². The van der Waals surface area contributed by atoms with Gasteiger partial charge >= 0.3 is 0 Å². The summed E-state index contributed by atoms with van der Waals surface area (Å²) >= 11 is 0. The Morgan fingerprint density at radius 3 is 2.55 bits per heavy atom. The van der Waals surface area contributed by atoms with Crippen LogP contribution in [0.15, 0.2) is 53.6 Å². The standard InChI is InChI=1S/C14H13N3O3/c1-10(11-6-2-5-9-14(11)18)15-16-12-7-3-4-8-13(12)17(19)20/h2-9,16,18H,1H3/b15-10+. The summed E-state index contributed by atoms with van der Waals surface area (Å²) in [6.07, 6.45) is 0. The molecule has 0 aliphatic carbocycles. The molecule has 0 spiro atoms. The van der Waals surface area contributed by atoms with Crippen LogP contribution in [0.2, 0.25) is 0 Å². The molecule has 0 radical (unpaired) electrons. The number of nitrogens with one attached hydrogen (secondary N) is 1. The Kier molecular flexibility index (Phi) is 3.95. The van der Waals surface area contributed by atoms with E-state index >= 15 is 0 Å². The average Bonchev–Trinajstić information content (AvgIpc) is 2.45. The molecule has 6 heteroatoms. The number of hydrogen-bond donors (Lipinski definition) is 2. The molecule has 0 saturated heterocycles. The van der Waals surface area contributed by atoms with Crippen molar-refractivity contribution in [2.45, 2.75) is 6.92 Å². The van der Waals surface area contributed by atoms with Gasteiger partial charge in [-0.3, -0.25) is 15.5 Å². The van der Waals surface area contributed by atoms with Crippen molar-refractivity contribution in [3.63, 3.8) is 0 Å². The molecule has 0 fully saturated rings. The van der Waals surface area contributed by atoms with Gasteiger partial charge in [0.25, 0.3) is 5.69 Å². The summed E-state index contributed by atoms with van der Waals surface area (Å²) in [7, 11) is 0. The third kappa shape index (κ3) is 2.92. The van der Waals surface area contributed by atoms with Gasteiger partial charge in [-0.25, -0.2) is 0 Å². The van der Waals surface area contributed by atoms with E-state index in [2.05, 4.69) is 10.5 Å². The van der Waals surface area contributed by atoms with E-state index in [0.29, 0.717) is 17.0 Å². The van der Waals surface area contributed by atoms with Crippen LogP contribution in [-0.4, -0.2) is 15.7 Å². The molecule has 0 aliphatic heterocycles. The summed E-state index contributed by atoms with van der Waals surface area (Å²) in [5, 5.41) is 24.6. The molecule has 2 aromatic rings. The number of rotatable bonds is 4. The fourth-order valence-electron chi connectivity index (χ4n) is 1.71. The third-order valence-corrected chi connectivity index (χ3v) is 2.74. The predicted molar refractivity (Wildman–Crippen MR) is 77.0 cm³/mol. The minimum atomic E-state index is -0.479. The molecule has 2 rings (SSSR count). The van der Waals surface area contributed by atoms with Gasteiger partial charge in [0.05, 0.1) is 10.6 Å². The van der Waals surface area contributed by atoms with Gasteiger partial charge in [-0.15, -0.1) is 0 Å². The maximum atomic E-state index is 10.9. The van der Waals surface area contributed by atoms with Crippen LogP contribution in [-0.2, 0) is 0 Å². The molecule has 0 heterocycles. The largest absolute Gasteiger partial charge is 0.507 e. The first-order valence-electron chi connectivity index (χ1n) is 5.91. The third-order valence-electron chi connectivity index (χ3n) is 2.74. The molecule has 0 amide bonds. The van der Waals surface area contributed by atoms with Gasteiger partial charge in [0.15, 0.2) is 0 Å². The van der Waals surface area contributed by atoms with Crippen molar-refractivity contribution >= 4 is 17.1 Å². The van der Waals surface area contributed by atoms with E-state index in [9.17, 15) is 15.2 Å². The first-order valence-corrected chi connectivity index (χ1v) is 5.91. The number of para-hydroxylation sites is 3. The van der Waals surface area contributed by atoms with Gasteiger partial charge < -0.3 is 5.11 Å². The van der Waals surface area contributed by atoms with Crippen LogP contribution in [0, 0.1) is 10.1 Å². The van der Waals surface area contributed by atoms with Crippen LogP contribution in [0.5, 0.6) is 5.75 Å². The molecule has 2 N–H and O–H groups in total. The highest BCUT2D eigenvalue weighted by Gasteiger charge is 2.11. The van der Waals surface area contributed by atoms with Crippen molar-refractivity contribution in [3.05, 3.63) is 64.2 Å². The topological polar surface area (TPSA) is 87.8 Å². The Morgan fingerprint density at radius 1 is 1.20 bits per heavy atom. The zero-order valence-corrected chi connectivity index (χ0v) is 10.8. The number of nitro benzene ring substituents is 1. The normalized spacial score (nSPS) is 11.2. The molecule has 102 valence electrons. The molecule has 2 aromatic carbocycles. The molecule has 0 aliphatic rings.